The molecule has 0 heterocycles. The van der Waals surface area contributed by atoms with Crippen LogP contribution in [0.15, 0.2) is 11.5 Å². The molecule has 0 aromatic rings. The van der Waals surface area contributed by atoms with Crippen molar-refractivity contribution in [2.75, 3.05) is 12.9 Å². The fourth-order valence-electron chi connectivity index (χ4n) is 0.974. The van der Waals surface area contributed by atoms with Crippen LogP contribution in [-0.4, -0.2) is 24.6 Å². The number of hydrogen-bond donors (Lipinski definition) is 0. The Bertz CT molecular complexity index is 224. The number of esters is 1. The molecule has 0 aromatic heterocycles. The summed E-state index contributed by atoms with van der Waals surface area (Å²) in [6, 6.07) is 0. The van der Waals surface area contributed by atoms with E-state index in [1.165, 1.54) is 7.11 Å². The Morgan fingerprint density at radius 2 is 1.93 bits per heavy atom. The summed E-state index contributed by atoms with van der Waals surface area (Å²) in [5.41, 5.74) is 0. The highest BCUT2D eigenvalue weighted by Crippen LogP contribution is 2.05. The van der Waals surface area contributed by atoms with Gasteiger partial charge in [0.25, 0.3) is 0 Å². The molecule has 0 unspecified atom stereocenters. The second-order valence-corrected chi connectivity index (χ2v) is 4.19. The number of hydrogen-bond acceptors (Lipinski definition) is 4. The van der Waals surface area contributed by atoms with Crippen molar-refractivity contribution in [1.82, 2.24) is 0 Å². The molecule has 0 spiro atoms. The molecular weight excluding hydrogens is 212 g/mol. The van der Waals surface area contributed by atoms with E-state index in [0.717, 1.165) is 12.2 Å². The average molecular weight is 230 g/mol. The Hall–Kier alpha value is -0.770. The quantitative estimate of drug-likeness (QED) is 0.365. The lowest BCUT2D eigenvalue weighted by Crippen LogP contribution is -2.00. The average Bonchev–Trinajstić information content (AvgIpc) is 2.24. The molecule has 0 aliphatic heterocycles. The minimum Gasteiger partial charge on any atom is -0.469 e. The maximum absolute atomic E-state index is 11.2. The molecule has 86 valence electrons. The Morgan fingerprint density at radius 3 is 2.53 bits per heavy atom. The molecule has 0 rings (SSSR count). The van der Waals surface area contributed by atoms with Gasteiger partial charge in [-0.15, -0.1) is 11.8 Å². The minimum absolute atomic E-state index is 0.126. The van der Waals surface area contributed by atoms with Gasteiger partial charge in [0.15, 0.2) is 5.78 Å². The van der Waals surface area contributed by atoms with Gasteiger partial charge in [0.05, 0.1) is 7.11 Å². The van der Waals surface area contributed by atoms with Crippen LogP contribution >= 0.6 is 11.8 Å². The first-order valence-corrected chi connectivity index (χ1v) is 6.13. The van der Waals surface area contributed by atoms with Gasteiger partial charge in [0.2, 0.25) is 0 Å². The smallest absolute Gasteiger partial charge is 0.305 e. The van der Waals surface area contributed by atoms with Crippen molar-refractivity contribution >= 4 is 23.5 Å². The van der Waals surface area contributed by atoms with E-state index in [0.29, 0.717) is 19.3 Å². The van der Waals surface area contributed by atoms with Crippen molar-refractivity contribution in [3.8, 4) is 0 Å². The predicted octanol–water partition coefficient (Wildman–Crippen LogP) is 2.56. The first-order chi connectivity index (χ1) is 7.20. The zero-order valence-corrected chi connectivity index (χ0v) is 10.1. The molecule has 0 atom stereocenters. The zero-order chi connectivity index (χ0) is 11.5. The maximum atomic E-state index is 11.2. The van der Waals surface area contributed by atoms with Crippen molar-refractivity contribution in [3.05, 3.63) is 11.5 Å². The molecule has 0 bridgehead atoms. The fraction of sp³-hybridized carbons (Fsp3) is 0.636. The van der Waals surface area contributed by atoms with Gasteiger partial charge in [-0.05, 0) is 30.1 Å². The molecule has 3 nitrogen and oxygen atoms in total. The molecule has 0 saturated heterocycles. The Morgan fingerprint density at radius 1 is 1.27 bits per heavy atom. The van der Waals surface area contributed by atoms with Crippen molar-refractivity contribution in [2.45, 2.75) is 32.6 Å². The number of carbonyl (C=O) groups is 2. The summed E-state index contributed by atoms with van der Waals surface area (Å²) in [7, 11) is 1.37. The summed E-state index contributed by atoms with van der Waals surface area (Å²) < 4.78 is 4.50. The molecule has 0 fully saturated rings. The predicted molar refractivity (Wildman–Crippen MR) is 62.8 cm³/mol. The largest absolute Gasteiger partial charge is 0.469 e. The number of carbonyl (C=O) groups excluding carboxylic acids is 2. The van der Waals surface area contributed by atoms with E-state index in [4.69, 9.17) is 0 Å². The summed E-state index contributed by atoms with van der Waals surface area (Å²) in [6.45, 7) is 2.04. The highest BCUT2D eigenvalue weighted by molar-refractivity contribution is 8.02. The molecule has 0 aliphatic rings. The summed E-state index contributed by atoms with van der Waals surface area (Å²) in [5.74, 6) is 0.895. The molecule has 0 amide bonds. The number of methoxy groups -OCH3 is 1. The number of rotatable bonds is 8. The minimum atomic E-state index is -0.209. The Balaban J connectivity index is 3.43. The monoisotopic (exact) mass is 230 g/mol. The third kappa shape index (κ3) is 9.53. The third-order valence-electron chi connectivity index (χ3n) is 1.80. The maximum Gasteiger partial charge on any atom is 0.305 e. The molecule has 0 N–H and O–H groups in total. The van der Waals surface area contributed by atoms with Gasteiger partial charge in [0, 0.05) is 12.8 Å². The first kappa shape index (κ1) is 14.2. The van der Waals surface area contributed by atoms with Crippen LogP contribution in [0.2, 0.25) is 0 Å². The van der Waals surface area contributed by atoms with Crippen LogP contribution in [-0.2, 0) is 14.3 Å². The van der Waals surface area contributed by atoms with Gasteiger partial charge >= 0.3 is 5.97 Å². The second kappa shape index (κ2) is 9.77. The molecule has 0 radical (unpaired) electrons. The first-order valence-electron chi connectivity index (χ1n) is 5.08. The SMILES string of the molecule is CCS/C=C/C(=O)CCCCC(=O)OC. The summed E-state index contributed by atoms with van der Waals surface area (Å²) in [5, 5.41) is 1.82. The second-order valence-electron chi connectivity index (χ2n) is 3.01. The van der Waals surface area contributed by atoms with Crippen LogP contribution < -0.4 is 0 Å². The number of unbranched alkanes of at least 4 members (excludes halogenated alkanes) is 1. The van der Waals surface area contributed by atoms with Crippen LogP contribution in [0.25, 0.3) is 0 Å². The van der Waals surface area contributed by atoms with E-state index in [-0.39, 0.29) is 11.8 Å². The van der Waals surface area contributed by atoms with E-state index in [1.54, 1.807) is 17.8 Å². The molecular formula is C11H18O3S. The fourth-order valence-corrected chi connectivity index (χ4v) is 1.41. The summed E-state index contributed by atoms with van der Waals surface area (Å²) in [4.78, 5) is 22.0. The van der Waals surface area contributed by atoms with Crippen LogP contribution in [0.5, 0.6) is 0 Å². The van der Waals surface area contributed by atoms with E-state index in [1.807, 2.05) is 12.3 Å². The van der Waals surface area contributed by atoms with Crippen LogP contribution in [0.1, 0.15) is 32.6 Å². The van der Waals surface area contributed by atoms with Crippen molar-refractivity contribution in [3.63, 3.8) is 0 Å². The van der Waals surface area contributed by atoms with Gasteiger partial charge in [-0.1, -0.05) is 6.92 Å². The Labute approximate surface area is 95.3 Å². The zero-order valence-electron chi connectivity index (χ0n) is 9.32. The van der Waals surface area contributed by atoms with Gasteiger partial charge in [0.1, 0.15) is 0 Å². The highest BCUT2D eigenvalue weighted by Gasteiger charge is 2.01. The lowest BCUT2D eigenvalue weighted by Gasteiger charge is -1.97. The third-order valence-corrected chi connectivity index (χ3v) is 2.46. The lowest BCUT2D eigenvalue weighted by molar-refractivity contribution is -0.140. The number of ether oxygens (including phenoxy) is 1. The molecule has 4 heteroatoms. The van der Waals surface area contributed by atoms with Gasteiger partial charge < -0.3 is 4.74 Å². The highest BCUT2D eigenvalue weighted by atomic mass is 32.2. The standard InChI is InChI=1S/C11H18O3S/c1-3-15-9-8-10(12)6-4-5-7-11(13)14-2/h8-9H,3-7H2,1-2H3/b9-8+. The molecule has 0 aliphatic carbocycles. The van der Waals surface area contributed by atoms with Gasteiger partial charge in [-0.2, -0.15) is 0 Å². The van der Waals surface area contributed by atoms with Gasteiger partial charge in [-0.3, -0.25) is 9.59 Å². The molecule has 0 saturated carbocycles. The van der Waals surface area contributed by atoms with Crippen LogP contribution in [0.4, 0.5) is 0 Å². The summed E-state index contributed by atoms with van der Waals surface area (Å²) in [6.07, 6.45) is 3.98. The van der Waals surface area contributed by atoms with Crippen molar-refractivity contribution < 1.29 is 14.3 Å². The van der Waals surface area contributed by atoms with E-state index < -0.39 is 0 Å². The van der Waals surface area contributed by atoms with Crippen molar-refractivity contribution in [2.24, 2.45) is 0 Å². The topological polar surface area (TPSA) is 43.4 Å². The van der Waals surface area contributed by atoms with E-state index in [2.05, 4.69) is 4.74 Å². The van der Waals surface area contributed by atoms with Crippen LogP contribution in [0.3, 0.4) is 0 Å². The molecule has 0 aromatic carbocycles. The van der Waals surface area contributed by atoms with Crippen LogP contribution in [0, 0.1) is 0 Å². The number of thioether (sulfide) groups is 1. The van der Waals surface area contributed by atoms with E-state index >= 15 is 0 Å². The van der Waals surface area contributed by atoms with E-state index in [9.17, 15) is 9.59 Å². The number of ketones is 1. The van der Waals surface area contributed by atoms with Gasteiger partial charge in [-0.25, -0.2) is 0 Å². The lowest BCUT2D eigenvalue weighted by atomic mass is 10.1. The summed E-state index contributed by atoms with van der Waals surface area (Å²) >= 11 is 1.61. The number of allylic oxidation sites excluding steroid dienone is 1. The van der Waals surface area contributed by atoms with Crippen molar-refractivity contribution in [1.29, 1.82) is 0 Å². The normalized spacial score (nSPS) is 10.5. The molecule has 15 heavy (non-hydrogen) atoms. The Kier molecular flexibility index (Phi) is 9.27.